The minimum absolute atomic E-state index is 0.0148. The summed E-state index contributed by atoms with van der Waals surface area (Å²) in [5.74, 6) is 1.31. The molecule has 2 spiro atoms. The van der Waals surface area contributed by atoms with Gasteiger partial charge in [-0.05, 0) is 48.4 Å². The van der Waals surface area contributed by atoms with Gasteiger partial charge in [0.15, 0.2) is 10.7 Å². The Morgan fingerprint density at radius 2 is 1.56 bits per heavy atom. The Morgan fingerprint density at radius 3 is 2.37 bits per heavy atom. The monoisotopic (exact) mass is 604 g/mol. The number of amidine groups is 1. The summed E-state index contributed by atoms with van der Waals surface area (Å²) in [5.41, 5.74) is 5.22. The van der Waals surface area contributed by atoms with Gasteiger partial charge in [-0.15, -0.1) is 11.8 Å². The van der Waals surface area contributed by atoms with Crippen LogP contribution in [-0.2, 0) is 15.1 Å². The molecule has 0 bridgehead atoms. The molecule has 5 heterocycles. The number of nitrogens with one attached hydrogen (secondary N) is 1. The van der Waals surface area contributed by atoms with Gasteiger partial charge in [0.2, 0.25) is 5.91 Å². The molecule has 6 nitrogen and oxygen atoms in total. The van der Waals surface area contributed by atoms with Gasteiger partial charge in [-0.25, -0.2) is 4.99 Å². The molecule has 3 aromatic carbocycles. The lowest BCUT2D eigenvalue weighted by atomic mass is 9.70. The maximum absolute atomic E-state index is 15.8. The van der Waals surface area contributed by atoms with Gasteiger partial charge in [0, 0.05) is 40.5 Å². The highest BCUT2D eigenvalue weighted by Crippen LogP contribution is 2.71. The number of carbonyl (C=O) groups is 2. The minimum Gasteiger partial charge on any atom is -0.324 e. The van der Waals surface area contributed by atoms with Gasteiger partial charge < -0.3 is 5.32 Å². The predicted molar refractivity (Wildman–Crippen MR) is 173 cm³/mol. The second-order valence-corrected chi connectivity index (χ2v) is 14.6. The molecule has 5 atom stereocenters. The summed E-state index contributed by atoms with van der Waals surface area (Å²) in [6.07, 6.45) is 5.26. The van der Waals surface area contributed by atoms with Crippen LogP contribution in [0, 0.1) is 0 Å². The van der Waals surface area contributed by atoms with Crippen molar-refractivity contribution >= 4 is 46.2 Å². The lowest BCUT2D eigenvalue weighted by Crippen LogP contribution is -2.62. The Morgan fingerprint density at radius 1 is 0.837 bits per heavy atom. The zero-order valence-electron chi connectivity index (χ0n) is 23.7. The van der Waals surface area contributed by atoms with E-state index in [4.69, 9.17) is 4.99 Å². The first-order chi connectivity index (χ1) is 21.2. The third-order valence-electron chi connectivity index (χ3n) is 10.4. The van der Waals surface area contributed by atoms with Crippen LogP contribution in [0.2, 0.25) is 0 Å². The van der Waals surface area contributed by atoms with Gasteiger partial charge in [0.25, 0.3) is 5.91 Å². The van der Waals surface area contributed by atoms with Crippen LogP contribution in [-0.4, -0.2) is 49.2 Å². The summed E-state index contributed by atoms with van der Waals surface area (Å²) in [6, 6.07) is 28.8. The summed E-state index contributed by atoms with van der Waals surface area (Å²) in [7, 11) is 0. The molecule has 216 valence electrons. The fraction of sp³-hybridized carbons (Fsp3) is 0.343. The van der Waals surface area contributed by atoms with E-state index in [-0.39, 0.29) is 29.8 Å². The Labute approximate surface area is 260 Å². The van der Waals surface area contributed by atoms with E-state index in [1.165, 1.54) is 12.0 Å². The van der Waals surface area contributed by atoms with Crippen molar-refractivity contribution in [2.45, 2.75) is 60.4 Å². The SMILES string of the molecule is O=C1N2C(=NC3=C(CCCCC3)C2c2ccccc2)SC12C(c1ccccc1)C1CSCN1C21C(=O)Nc2ccccc21. The number of carbonyl (C=O) groups excluding carboxylic acids is 2. The molecule has 5 aliphatic heterocycles. The van der Waals surface area contributed by atoms with Crippen molar-refractivity contribution in [3.63, 3.8) is 0 Å². The maximum atomic E-state index is 15.8. The fourth-order valence-electron chi connectivity index (χ4n) is 8.80. The molecule has 3 fully saturated rings. The lowest BCUT2D eigenvalue weighted by Gasteiger charge is -2.43. The number of allylic oxidation sites excluding steroid dienone is 1. The molecular formula is C35H32N4O2S2. The van der Waals surface area contributed by atoms with Crippen molar-refractivity contribution in [1.29, 1.82) is 0 Å². The fourth-order valence-corrected chi connectivity index (χ4v) is 11.9. The van der Waals surface area contributed by atoms with E-state index in [0.29, 0.717) is 5.88 Å². The number of aliphatic imine (C=N–C) groups is 1. The number of fused-ring (bicyclic) bond motifs is 6. The summed E-state index contributed by atoms with van der Waals surface area (Å²) < 4.78 is -1.12. The van der Waals surface area contributed by atoms with Crippen LogP contribution in [0.15, 0.2) is 101 Å². The number of nitrogens with zero attached hydrogens (tertiary/aromatic N) is 3. The predicted octanol–water partition coefficient (Wildman–Crippen LogP) is 6.65. The number of hydrogen-bond acceptors (Lipinski definition) is 6. The van der Waals surface area contributed by atoms with Crippen LogP contribution in [0.5, 0.6) is 0 Å². The standard InChI is InChI=1S/C35H32N4O2S2/c40-31-34(25-17-10-11-19-27(25)36-31)35(29(22-12-4-1-5-13-22)28-20-42-21-38(28)34)32(41)39-30(23-14-6-2-7-15-23)24-16-8-3-9-18-26(24)37-33(39)43-35/h1-2,4-7,10-15,17,19,28-30H,3,8-9,16,18,20-21H2,(H,36,40). The molecular weight excluding hydrogens is 573 g/mol. The van der Waals surface area contributed by atoms with Gasteiger partial charge in [-0.3, -0.25) is 19.4 Å². The Kier molecular flexibility index (Phi) is 5.82. The van der Waals surface area contributed by atoms with Crippen LogP contribution in [0.1, 0.15) is 60.8 Å². The van der Waals surface area contributed by atoms with Crippen LogP contribution < -0.4 is 5.32 Å². The lowest BCUT2D eigenvalue weighted by molar-refractivity contribution is -0.139. The third-order valence-corrected chi connectivity index (χ3v) is 13.0. The molecule has 43 heavy (non-hydrogen) atoms. The summed E-state index contributed by atoms with van der Waals surface area (Å²) in [5, 5.41) is 4.00. The summed E-state index contributed by atoms with van der Waals surface area (Å²) in [4.78, 5) is 40.3. The minimum atomic E-state index is -1.15. The van der Waals surface area contributed by atoms with Crippen molar-refractivity contribution in [3.8, 4) is 0 Å². The number of para-hydroxylation sites is 1. The molecule has 0 radical (unpaired) electrons. The molecule has 3 saturated heterocycles. The maximum Gasteiger partial charge on any atom is 0.251 e. The van der Waals surface area contributed by atoms with E-state index in [0.717, 1.165) is 64.7 Å². The normalized spacial score (nSPS) is 32.9. The van der Waals surface area contributed by atoms with Gasteiger partial charge in [-0.2, -0.15) is 0 Å². The molecule has 2 amide bonds. The topological polar surface area (TPSA) is 65.0 Å². The molecule has 0 saturated carbocycles. The highest BCUT2D eigenvalue weighted by Gasteiger charge is 2.82. The first-order valence-corrected chi connectivity index (χ1v) is 17.3. The second kappa shape index (κ2) is 9.58. The zero-order chi connectivity index (χ0) is 28.8. The second-order valence-electron chi connectivity index (χ2n) is 12.4. The first-order valence-electron chi connectivity index (χ1n) is 15.3. The zero-order valence-corrected chi connectivity index (χ0v) is 25.4. The van der Waals surface area contributed by atoms with Crippen LogP contribution in [0.3, 0.4) is 0 Å². The van der Waals surface area contributed by atoms with E-state index in [1.807, 2.05) is 47.0 Å². The molecule has 3 aromatic rings. The van der Waals surface area contributed by atoms with E-state index >= 15 is 4.79 Å². The van der Waals surface area contributed by atoms with Gasteiger partial charge >= 0.3 is 0 Å². The first kappa shape index (κ1) is 26.1. The number of benzene rings is 3. The van der Waals surface area contributed by atoms with Gasteiger partial charge in [0.05, 0.1) is 6.04 Å². The molecule has 9 rings (SSSR count). The molecule has 1 aliphatic carbocycles. The number of thioether (sulfide) groups is 2. The van der Waals surface area contributed by atoms with Crippen LogP contribution in [0.25, 0.3) is 0 Å². The molecule has 1 N–H and O–H groups in total. The van der Waals surface area contributed by atoms with Crippen LogP contribution in [0.4, 0.5) is 5.69 Å². The average Bonchev–Trinajstić information content (AvgIpc) is 3.70. The van der Waals surface area contributed by atoms with E-state index in [9.17, 15) is 4.79 Å². The number of rotatable bonds is 2. The summed E-state index contributed by atoms with van der Waals surface area (Å²) in [6.45, 7) is 0. The van der Waals surface area contributed by atoms with E-state index < -0.39 is 10.3 Å². The number of hydrogen-bond donors (Lipinski definition) is 1. The Hall–Kier alpha value is -3.33. The van der Waals surface area contributed by atoms with Crippen LogP contribution >= 0.6 is 23.5 Å². The Bertz CT molecular complexity index is 1730. The summed E-state index contributed by atoms with van der Waals surface area (Å²) >= 11 is 3.44. The smallest absolute Gasteiger partial charge is 0.251 e. The van der Waals surface area contributed by atoms with Crippen molar-refractivity contribution in [3.05, 3.63) is 113 Å². The highest BCUT2D eigenvalue weighted by atomic mass is 32.2. The average molecular weight is 605 g/mol. The number of anilines is 1. The number of amides is 2. The Balaban J connectivity index is 1.33. The molecule has 6 aliphatic rings. The quantitative estimate of drug-likeness (QED) is 0.355. The highest BCUT2D eigenvalue weighted by molar-refractivity contribution is 8.16. The third kappa shape index (κ3) is 3.29. The molecule has 5 unspecified atom stereocenters. The van der Waals surface area contributed by atoms with E-state index in [2.05, 4.69) is 64.8 Å². The van der Waals surface area contributed by atoms with Crippen molar-refractivity contribution in [1.82, 2.24) is 9.80 Å². The molecule has 8 heteroatoms. The molecule has 0 aromatic heterocycles. The van der Waals surface area contributed by atoms with Gasteiger partial charge in [0.1, 0.15) is 4.75 Å². The van der Waals surface area contributed by atoms with Gasteiger partial charge in [-0.1, -0.05) is 97.0 Å². The van der Waals surface area contributed by atoms with E-state index in [1.54, 1.807) is 11.8 Å². The van der Waals surface area contributed by atoms with Crippen molar-refractivity contribution < 1.29 is 9.59 Å². The largest absolute Gasteiger partial charge is 0.324 e. The van der Waals surface area contributed by atoms with Crippen molar-refractivity contribution in [2.24, 2.45) is 4.99 Å². The van der Waals surface area contributed by atoms with Crippen molar-refractivity contribution in [2.75, 3.05) is 16.9 Å².